The molecular formula is C47H90O6. The van der Waals surface area contributed by atoms with E-state index in [0.717, 1.165) is 69.6 Å². The fraction of sp³-hybridized carbons (Fsp3) is 0.936. The molecule has 0 aromatic heterocycles. The molecule has 0 rings (SSSR count). The van der Waals surface area contributed by atoms with Crippen molar-refractivity contribution in [2.75, 3.05) is 13.2 Å². The first-order chi connectivity index (χ1) is 25.7. The van der Waals surface area contributed by atoms with E-state index in [1.54, 1.807) is 0 Å². The summed E-state index contributed by atoms with van der Waals surface area (Å²) in [7, 11) is 0. The van der Waals surface area contributed by atoms with Crippen LogP contribution in [0.1, 0.15) is 253 Å². The van der Waals surface area contributed by atoms with Crippen LogP contribution in [0.15, 0.2) is 0 Å². The SMILES string of the molecule is CCCCCCCCCCCCCC(=O)OC[C@@H](COC(=O)CCCCCCCCCCC(C)C)OC(=O)CCCCCCCCCCCCC(C)C. The van der Waals surface area contributed by atoms with Crippen molar-refractivity contribution in [2.24, 2.45) is 11.8 Å². The maximum Gasteiger partial charge on any atom is 0.306 e. The van der Waals surface area contributed by atoms with E-state index in [0.29, 0.717) is 19.3 Å². The fourth-order valence-electron chi connectivity index (χ4n) is 6.93. The number of unbranched alkanes of at least 4 members (excludes halogenated alkanes) is 26. The molecule has 0 aromatic rings. The van der Waals surface area contributed by atoms with Gasteiger partial charge in [-0.25, -0.2) is 0 Å². The number of carbonyl (C=O) groups is 3. The second-order valence-corrected chi connectivity index (χ2v) is 17.0. The monoisotopic (exact) mass is 751 g/mol. The van der Waals surface area contributed by atoms with E-state index in [-0.39, 0.29) is 31.1 Å². The second-order valence-electron chi connectivity index (χ2n) is 17.0. The predicted octanol–water partition coefficient (Wildman–Crippen LogP) is 14.6. The summed E-state index contributed by atoms with van der Waals surface area (Å²) in [6.07, 6.45) is 38.0. The third-order valence-corrected chi connectivity index (χ3v) is 10.5. The van der Waals surface area contributed by atoms with E-state index in [2.05, 4.69) is 34.6 Å². The van der Waals surface area contributed by atoms with Gasteiger partial charge < -0.3 is 14.2 Å². The van der Waals surface area contributed by atoms with Crippen molar-refractivity contribution in [2.45, 2.75) is 259 Å². The van der Waals surface area contributed by atoms with E-state index in [4.69, 9.17) is 14.2 Å². The van der Waals surface area contributed by atoms with Gasteiger partial charge in [-0.15, -0.1) is 0 Å². The molecule has 0 aliphatic heterocycles. The Labute approximate surface area is 329 Å². The Kier molecular flexibility index (Phi) is 38.9. The quantitative estimate of drug-likeness (QED) is 0.0352. The number of hydrogen-bond donors (Lipinski definition) is 0. The Morgan fingerprint density at radius 3 is 0.925 bits per heavy atom. The van der Waals surface area contributed by atoms with Gasteiger partial charge in [0.1, 0.15) is 13.2 Å². The van der Waals surface area contributed by atoms with Crippen molar-refractivity contribution in [1.29, 1.82) is 0 Å². The largest absolute Gasteiger partial charge is 0.462 e. The Hall–Kier alpha value is -1.59. The van der Waals surface area contributed by atoms with Crippen LogP contribution in [0.4, 0.5) is 0 Å². The van der Waals surface area contributed by atoms with E-state index in [1.165, 1.54) is 141 Å². The van der Waals surface area contributed by atoms with Gasteiger partial charge in [0.2, 0.25) is 0 Å². The molecule has 0 spiro atoms. The molecule has 0 saturated carbocycles. The summed E-state index contributed by atoms with van der Waals surface area (Å²) >= 11 is 0. The minimum atomic E-state index is -0.760. The van der Waals surface area contributed by atoms with Crippen LogP contribution in [0.25, 0.3) is 0 Å². The first-order valence-corrected chi connectivity index (χ1v) is 23.2. The molecular weight excluding hydrogens is 661 g/mol. The second kappa shape index (κ2) is 40.1. The van der Waals surface area contributed by atoms with E-state index in [9.17, 15) is 14.4 Å². The molecule has 6 heteroatoms. The Morgan fingerprint density at radius 2 is 0.623 bits per heavy atom. The van der Waals surface area contributed by atoms with Crippen molar-refractivity contribution < 1.29 is 28.6 Å². The molecule has 0 saturated heterocycles. The van der Waals surface area contributed by atoms with Crippen molar-refractivity contribution in [1.82, 2.24) is 0 Å². The molecule has 53 heavy (non-hydrogen) atoms. The summed E-state index contributed by atoms with van der Waals surface area (Å²) in [6.45, 7) is 11.3. The molecule has 0 amide bonds. The van der Waals surface area contributed by atoms with Crippen LogP contribution in [-0.4, -0.2) is 37.2 Å². The topological polar surface area (TPSA) is 78.9 Å². The lowest BCUT2D eigenvalue weighted by Gasteiger charge is -2.18. The molecule has 314 valence electrons. The Bertz CT molecular complexity index is 809. The maximum absolute atomic E-state index is 12.7. The van der Waals surface area contributed by atoms with Crippen LogP contribution in [0.3, 0.4) is 0 Å². The van der Waals surface area contributed by atoms with Crippen LogP contribution in [0.5, 0.6) is 0 Å². The maximum atomic E-state index is 12.7. The molecule has 0 fully saturated rings. The summed E-state index contributed by atoms with van der Waals surface area (Å²) in [5, 5.41) is 0. The number of ether oxygens (including phenoxy) is 3. The molecule has 1 atom stereocenters. The number of hydrogen-bond acceptors (Lipinski definition) is 6. The van der Waals surface area contributed by atoms with Crippen molar-refractivity contribution in [3.63, 3.8) is 0 Å². The first-order valence-electron chi connectivity index (χ1n) is 23.2. The molecule has 0 heterocycles. The molecule has 6 nitrogen and oxygen atoms in total. The molecule has 0 unspecified atom stereocenters. The number of esters is 3. The molecule has 0 aliphatic carbocycles. The summed E-state index contributed by atoms with van der Waals surface area (Å²) in [6, 6.07) is 0. The van der Waals surface area contributed by atoms with Crippen LogP contribution >= 0.6 is 0 Å². The van der Waals surface area contributed by atoms with E-state index in [1.807, 2.05) is 0 Å². The smallest absolute Gasteiger partial charge is 0.306 e. The Morgan fingerprint density at radius 1 is 0.358 bits per heavy atom. The summed E-state index contributed by atoms with van der Waals surface area (Å²) in [5.74, 6) is 0.754. The zero-order valence-corrected chi connectivity index (χ0v) is 36.1. The average molecular weight is 751 g/mol. The van der Waals surface area contributed by atoms with Gasteiger partial charge in [-0.3, -0.25) is 14.4 Å². The highest BCUT2D eigenvalue weighted by Crippen LogP contribution is 2.16. The van der Waals surface area contributed by atoms with E-state index >= 15 is 0 Å². The van der Waals surface area contributed by atoms with Crippen molar-refractivity contribution >= 4 is 17.9 Å². The standard InChI is InChI=1S/C47H90O6/c1-6-7-8-9-10-11-12-16-22-27-32-37-45(48)51-40-44(41-52-46(49)38-33-28-23-19-18-21-26-31-36-43(4)5)53-47(50)39-34-29-24-17-14-13-15-20-25-30-35-42(2)3/h42-44H,6-41H2,1-5H3/t44-/m0/s1. The number of rotatable bonds is 41. The van der Waals surface area contributed by atoms with Crippen LogP contribution in [-0.2, 0) is 28.6 Å². The lowest BCUT2D eigenvalue weighted by atomic mass is 10.0. The van der Waals surface area contributed by atoms with Gasteiger partial charge >= 0.3 is 17.9 Å². The lowest BCUT2D eigenvalue weighted by Crippen LogP contribution is -2.30. The van der Waals surface area contributed by atoms with Gasteiger partial charge in [-0.2, -0.15) is 0 Å². The average Bonchev–Trinajstić information content (AvgIpc) is 3.12. The minimum absolute atomic E-state index is 0.0650. The normalized spacial score (nSPS) is 12.1. The molecule has 0 N–H and O–H groups in total. The lowest BCUT2D eigenvalue weighted by molar-refractivity contribution is -0.167. The highest BCUT2D eigenvalue weighted by molar-refractivity contribution is 5.71. The van der Waals surface area contributed by atoms with Gasteiger partial charge in [-0.1, -0.05) is 214 Å². The van der Waals surface area contributed by atoms with Gasteiger partial charge in [0.05, 0.1) is 0 Å². The van der Waals surface area contributed by atoms with Crippen LogP contribution in [0.2, 0.25) is 0 Å². The number of carbonyl (C=O) groups excluding carboxylic acids is 3. The summed E-state index contributed by atoms with van der Waals surface area (Å²) in [4.78, 5) is 37.7. The zero-order chi connectivity index (χ0) is 39.0. The highest BCUT2D eigenvalue weighted by atomic mass is 16.6. The minimum Gasteiger partial charge on any atom is -0.462 e. The highest BCUT2D eigenvalue weighted by Gasteiger charge is 2.19. The summed E-state index contributed by atoms with van der Waals surface area (Å²) < 4.78 is 16.7. The van der Waals surface area contributed by atoms with Gasteiger partial charge in [0.25, 0.3) is 0 Å². The van der Waals surface area contributed by atoms with Crippen LogP contribution in [0, 0.1) is 11.8 Å². The molecule has 0 aromatic carbocycles. The third-order valence-electron chi connectivity index (χ3n) is 10.5. The zero-order valence-electron chi connectivity index (χ0n) is 36.1. The van der Waals surface area contributed by atoms with Crippen LogP contribution < -0.4 is 0 Å². The molecule has 0 bridgehead atoms. The van der Waals surface area contributed by atoms with Gasteiger partial charge in [0.15, 0.2) is 6.10 Å². The first kappa shape index (κ1) is 51.4. The summed E-state index contributed by atoms with van der Waals surface area (Å²) in [5.41, 5.74) is 0. The molecule has 0 radical (unpaired) electrons. The van der Waals surface area contributed by atoms with Gasteiger partial charge in [0, 0.05) is 19.3 Å². The predicted molar refractivity (Wildman–Crippen MR) is 224 cm³/mol. The van der Waals surface area contributed by atoms with Gasteiger partial charge in [-0.05, 0) is 31.1 Å². The van der Waals surface area contributed by atoms with Crippen molar-refractivity contribution in [3.05, 3.63) is 0 Å². The van der Waals surface area contributed by atoms with E-state index < -0.39 is 6.10 Å². The Balaban J connectivity index is 4.34. The third kappa shape index (κ3) is 41.4. The molecule has 0 aliphatic rings. The fourth-order valence-corrected chi connectivity index (χ4v) is 6.93. The van der Waals surface area contributed by atoms with Crippen molar-refractivity contribution in [3.8, 4) is 0 Å².